The van der Waals surface area contributed by atoms with Crippen LogP contribution in [0.5, 0.6) is 0 Å². The summed E-state index contributed by atoms with van der Waals surface area (Å²) in [5.41, 5.74) is 0. The third kappa shape index (κ3) is 3.52. The van der Waals surface area contributed by atoms with E-state index in [1.807, 2.05) is 0 Å². The van der Waals surface area contributed by atoms with E-state index in [9.17, 15) is 0 Å². The first-order chi connectivity index (χ1) is 4.15. The van der Waals surface area contributed by atoms with Crippen LogP contribution in [0.1, 0.15) is 41.5 Å². The molecule has 0 heterocycles. The normalized spacial score (nSPS) is 14.5. The average molecular weight is 196 g/mol. The SMILES string of the molecule is [Li][As](C(C)(C)C)C(C)(C)C. The first-order valence-corrected chi connectivity index (χ1v) is 7.65. The fourth-order valence-electron chi connectivity index (χ4n) is 1.01. The van der Waals surface area contributed by atoms with Crippen LogP contribution in [0.15, 0.2) is 0 Å². The van der Waals surface area contributed by atoms with E-state index in [-0.39, 0.29) is 0 Å². The van der Waals surface area contributed by atoms with Crippen molar-refractivity contribution in [2.75, 3.05) is 0 Å². The molecule has 10 heavy (non-hydrogen) atoms. The zero-order valence-electron chi connectivity index (χ0n) is 8.45. The van der Waals surface area contributed by atoms with Gasteiger partial charge in [-0.25, -0.2) is 0 Å². The quantitative estimate of drug-likeness (QED) is 0.522. The molecule has 0 amide bonds. The average Bonchev–Trinajstić information content (AvgIpc) is 1.59. The van der Waals surface area contributed by atoms with Gasteiger partial charge in [-0.2, -0.15) is 0 Å². The van der Waals surface area contributed by atoms with Crippen molar-refractivity contribution in [2.24, 2.45) is 0 Å². The van der Waals surface area contributed by atoms with Crippen molar-refractivity contribution in [3.8, 4) is 0 Å². The van der Waals surface area contributed by atoms with E-state index in [0.717, 1.165) is 0 Å². The fraction of sp³-hybridized carbons (Fsp3) is 1.00. The predicted octanol–water partition coefficient (Wildman–Crippen LogP) is 2.75. The molecule has 0 N–H and O–H groups in total. The van der Waals surface area contributed by atoms with E-state index in [4.69, 9.17) is 0 Å². The van der Waals surface area contributed by atoms with Crippen LogP contribution >= 0.6 is 0 Å². The van der Waals surface area contributed by atoms with Gasteiger partial charge in [0.25, 0.3) is 0 Å². The van der Waals surface area contributed by atoms with Crippen molar-refractivity contribution >= 4 is 28.0 Å². The molecule has 0 unspecified atom stereocenters. The Kier molecular flexibility index (Phi) is 3.64. The van der Waals surface area contributed by atoms with Gasteiger partial charge in [0.1, 0.15) is 0 Å². The zero-order chi connectivity index (χ0) is 8.58. The van der Waals surface area contributed by atoms with Gasteiger partial charge in [0, 0.05) is 0 Å². The molecule has 0 nitrogen and oxygen atoms in total. The van der Waals surface area contributed by atoms with Crippen LogP contribution < -0.4 is 0 Å². The molecule has 0 radical (unpaired) electrons. The summed E-state index contributed by atoms with van der Waals surface area (Å²) >= 11 is 1.83. The van der Waals surface area contributed by atoms with E-state index in [2.05, 4.69) is 57.1 Å². The van der Waals surface area contributed by atoms with E-state index >= 15 is 0 Å². The van der Waals surface area contributed by atoms with Gasteiger partial charge in [0.15, 0.2) is 0 Å². The van der Waals surface area contributed by atoms with Gasteiger partial charge in [0.2, 0.25) is 0 Å². The van der Waals surface area contributed by atoms with Crippen molar-refractivity contribution in [3.63, 3.8) is 0 Å². The first-order valence-electron chi connectivity index (χ1n) is 3.89. The molecule has 2 heteroatoms. The van der Waals surface area contributed by atoms with E-state index < -0.39 is 12.4 Å². The Hall–Kier alpha value is 1.16. The Morgan fingerprint density at radius 1 is 0.800 bits per heavy atom. The van der Waals surface area contributed by atoms with Crippen LogP contribution in [-0.2, 0) is 0 Å². The summed E-state index contributed by atoms with van der Waals surface area (Å²) in [6.07, 6.45) is 0. The second-order valence-corrected chi connectivity index (χ2v) is 12.9. The second-order valence-electron chi connectivity index (χ2n) is 4.90. The molecule has 0 aliphatic heterocycles. The summed E-state index contributed by atoms with van der Waals surface area (Å²) in [5, 5.41) is 0. The molecule has 0 saturated carbocycles. The maximum absolute atomic E-state index is 2.48. The monoisotopic (exact) mass is 196 g/mol. The standard InChI is InChI=1S/C8H18As.Li/c1-7(2,3)9-8(4,5)6;/h1-6H3;/q-1;+1. The molecule has 0 fully saturated rings. The van der Waals surface area contributed by atoms with Crippen LogP contribution in [-0.4, -0.2) is 28.0 Å². The number of hydrogen-bond acceptors (Lipinski definition) is 0. The molecule has 0 aromatic carbocycles. The summed E-state index contributed by atoms with van der Waals surface area (Å²) in [4.78, 5) is 0. The summed E-state index contributed by atoms with van der Waals surface area (Å²) in [6, 6.07) is 0. The van der Waals surface area contributed by atoms with Gasteiger partial charge >= 0.3 is 77.9 Å². The summed E-state index contributed by atoms with van der Waals surface area (Å²) in [7, 11) is 0. The topological polar surface area (TPSA) is 0 Å². The van der Waals surface area contributed by atoms with Gasteiger partial charge in [-0.05, 0) is 0 Å². The summed E-state index contributed by atoms with van der Waals surface area (Å²) < 4.78 is 1.18. The van der Waals surface area contributed by atoms with E-state index in [1.54, 1.807) is 0 Å². The van der Waals surface area contributed by atoms with Crippen molar-refractivity contribution < 1.29 is 0 Å². The Balaban J connectivity index is 4.23. The Labute approximate surface area is 77.8 Å². The van der Waals surface area contributed by atoms with Gasteiger partial charge in [-0.15, -0.1) is 0 Å². The van der Waals surface area contributed by atoms with Gasteiger partial charge in [-0.3, -0.25) is 0 Å². The van der Waals surface area contributed by atoms with Gasteiger partial charge in [0.05, 0.1) is 0 Å². The molecular weight excluding hydrogens is 178 g/mol. The summed E-state index contributed by atoms with van der Waals surface area (Å²) in [6.45, 7) is 14.2. The molecule has 0 bridgehead atoms. The fourth-order valence-corrected chi connectivity index (χ4v) is 5.23. The van der Waals surface area contributed by atoms with Crippen molar-refractivity contribution in [3.05, 3.63) is 0 Å². The van der Waals surface area contributed by atoms with Gasteiger partial charge < -0.3 is 0 Å². The Bertz CT molecular complexity index is 93.4. The van der Waals surface area contributed by atoms with Crippen molar-refractivity contribution in [1.82, 2.24) is 0 Å². The predicted molar refractivity (Wildman–Crippen MR) is 50.9 cm³/mol. The molecule has 56 valence electrons. The van der Waals surface area contributed by atoms with Crippen molar-refractivity contribution in [1.29, 1.82) is 0 Å². The molecule has 0 spiro atoms. The third-order valence-corrected chi connectivity index (χ3v) is 10.5. The van der Waals surface area contributed by atoms with E-state index in [1.165, 1.54) is 0 Å². The van der Waals surface area contributed by atoms with Crippen LogP contribution in [0.25, 0.3) is 0 Å². The van der Waals surface area contributed by atoms with Crippen molar-refractivity contribution in [2.45, 2.75) is 49.9 Å². The summed E-state index contributed by atoms with van der Waals surface area (Å²) in [5.74, 6) is 0. The maximum atomic E-state index is 2.48. The molecule has 0 aromatic rings. The van der Waals surface area contributed by atoms with Crippen LogP contribution in [0.4, 0.5) is 0 Å². The number of rotatable bonds is 0. The minimum absolute atomic E-state index is 0.589. The van der Waals surface area contributed by atoms with Crippen LogP contribution in [0.3, 0.4) is 0 Å². The molecule has 0 saturated heterocycles. The minimum atomic E-state index is -0.646. The molecular formula is C8H18AsLi. The molecule has 0 aliphatic carbocycles. The Morgan fingerprint density at radius 3 is 1.00 bits per heavy atom. The van der Waals surface area contributed by atoms with Crippen LogP contribution in [0, 0.1) is 0 Å². The Morgan fingerprint density at radius 2 is 1.00 bits per heavy atom. The third-order valence-electron chi connectivity index (χ3n) is 2.01. The zero-order valence-corrected chi connectivity index (χ0v) is 10.3. The number of hydrogen-bond donors (Lipinski definition) is 0. The second kappa shape index (κ2) is 3.26. The van der Waals surface area contributed by atoms with E-state index in [0.29, 0.717) is 8.41 Å². The molecule has 0 rings (SSSR count). The molecule has 0 aliphatic rings. The molecule has 0 aromatic heterocycles. The van der Waals surface area contributed by atoms with Crippen LogP contribution in [0.2, 0.25) is 8.41 Å². The van der Waals surface area contributed by atoms with Gasteiger partial charge in [-0.1, -0.05) is 0 Å². The molecule has 0 atom stereocenters. The first kappa shape index (κ1) is 11.2.